The molecule has 2 amide bonds. The van der Waals surface area contributed by atoms with E-state index in [4.69, 9.17) is 26.2 Å². The number of benzene rings is 1. The molecule has 0 aliphatic carbocycles. The third-order valence-electron chi connectivity index (χ3n) is 3.22. The van der Waals surface area contributed by atoms with Gasteiger partial charge in [0.1, 0.15) is 5.75 Å². The zero-order chi connectivity index (χ0) is 16.6. The number of halogens is 1. The van der Waals surface area contributed by atoms with Crippen molar-refractivity contribution in [1.29, 1.82) is 0 Å². The summed E-state index contributed by atoms with van der Waals surface area (Å²) in [6.07, 6.45) is -0.556. The molecule has 1 aromatic carbocycles. The Kier molecular flexibility index (Phi) is 6.94. The maximum absolute atomic E-state index is 12.4. The van der Waals surface area contributed by atoms with Crippen LogP contribution >= 0.6 is 11.6 Å². The summed E-state index contributed by atoms with van der Waals surface area (Å²) in [5.74, 6) is 0.365. The van der Waals surface area contributed by atoms with Crippen LogP contribution in [0.1, 0.15) is 18.4 Å². The van der Waals surface area contributed by atoms with Gasteiger partial charge in [-0.1, -0.05) is 12.1 Å². The van der Waals surface area contributed by atoms with E-state index >= 15 is 0 Å². The van der Waals surface area contributed by atoms with Crippen LogP contribution in [0.2, 0.25) is 0 Å². The van der Waals surface area contributed by atoms with Crippen LogP contribution in [0.4, 0.5) is 4.79 Å². The molecule has 8 heteroatoms. The second-order valence-corrected chi connectivity index (χ2v) is 4.81. The van der Waals surface area contributed by atoms with Crippen molar-refractivity contribution in [2.45, 2.75) is 18.4 Å². The summed E-state index contributed by atoms with van der Waals surface area (Å²) in [5.41, 5.74) is 3.19. The lowest BCUT2D eigenvalue weighted by atomic mass is 9.88. The molecule has 0 fully saturated rings. The van der Waals surface area contributed by atoms with Gasteiger partial charge in [-0.2, -0.15) is 0 Å². The predicted octanol–water partition coefficient (Wildman–Crippen LogP) is 1.85. The molecule has 0 radical (unpaired) electrons. The Balaban J connectivity index is 3.12. The van der Waals surface area contributed by atoms with Crippen molar-refractivity contribution < 1.29 is 24.2 Å². The van der Waals surface area contributed by atoms with E-state index in [1.54, 1.807) is 24.3 Å². The quantitative estimate of drug-likeness (QED) is 0.523. The number of carboxylic acid groups (broad SMARTS) is 1. The Bertz CT molecular complexity index is 508. The van der Waals surface area contributed by atoms with Gasteiger partial charge in [-0.05, 0) is 30.5 Å². The van der Waals surface area contributed by atoms with Crippen LogP contribution < -0.4 is 15.6 Å². The second-order valence-electron chi connectivity index (χ2n) is 4.44. The average molecular weight is 331 g/mol. The summed E-state index contributed by atoms with van der Waals surface area (Å²) >= 11 is 5.71. The van der Waals surface area contributed by atoms with E-state index in [9.17, 15) is 9.59 Å². The summed E-state index contributed by atoms with van der Waals surface area (Å²) in [6.45, 7) is 0. The van der Waals surface area contributed by atoms with Gasteiger partial charge in [0, 0.05) is 13.0 Å². The van der Waals surface area contributed by atoms with E-state index in [1.165, 1.54) is 14.2 Å². The molecular formula is C14H19ClN2O5. The average Bonchev–Trinajstić information content (AvgIpc) is 2.54. The van der Waals surface area contributed by atoms with Crippen molar-refractivity contribution in [1.82, 2.24) is 10.9 Å². The highest BCUT2D eigenvalue weighted by atomic mass is 35.5. The summed E-state index contributed by atoms with van der Waals surface area (Å²) in [5, 5.41) is 8.61. The Hall–Kier alpha value is -1.99. The first-order valence-corrected chi connectivity index (χ1v) is 7.08. The fraction of sp³-hybridized carbons (Fsp3) is 0.429. The van der Waals surface area contributed by atoms with E-state index in [0.29, 0.717) is 30.0 Å². The second kappa shape index (κ2) is 8.45. The van der Waals surface area contributed by atoms with Gasteiger partial charge in [-0.25, -0.2) is 10.2 Å². The molecule has 0 spiro atoms. The molecule has 1 unspecified atom stereocenters. The zero-order valence-electron chi connectivity index (χ0n) is 12.4. The van der Waals surface area contributed by atoms with Gasteiger partial charge in [0.2, 0.25) is 0 Å². The minimum Gasteiger partial charge on any atom is -0.497 e. The van der Waals surface area contributed by atoms with Crippen molar-refractivity contribution in [2.75, 3.05) is 20.1 Å². The van der Waals surface area contributed by atoms with Crippen LogP contribution in [0.15, 0.2) is 24.3 Å². The lowest BCUT2D eigenvalue weighted by molar-refractivity contribution is -0.147. The minimum absolute atomic E-state index is 0.298. The van der Waals surface area contributed by atoms with Gasteiger partial charge in [0.15, 0.2) is 5.60 Å². The molecule has 3 N–H and O–H groups in total. The molecule has 0 aromatic heterocycles. The molecule has 0 aliphatic heterocycles. The standard InChI is InChI=1S/C14H19ClN2O5/c1-21-11-6-4-10(5-7-11)14(22-2,8-3-9-15)12(18)16-17-13(19)20/h4-7,17H,3,8-9H2,1-2H3,(H,16,18)(H,19,20). The number of alkyl halides is 1. The molecule has 1 atom stereocenters. The predicted molar refractivity (Wildman–Crippen MR) is 80.9 cm³/mol. The number of carbonyl (C=O) groups is 2. The Morgan fingerprint density at radius 2 is 1.86 bits per heavy atom. The highest BCUT2D eigenvalue weighted by Gasteiger charge is 2.40. The van der Waals surface area contributed by atoms with Gasteiger partial charge in [-0.15, -0.1) is 11.6 Å². The van der Waals surface area contributed by atoms with Crippen molar-refractivity contribution in [3.8, 4) is 5.75 Å². The maximum Gasteiger partial charge on any atom is 0.423 e. The fourth-order valence-corrected chi connectivity index (χ4v) is 2.22. The van der Waals surface area contributed by atoms with E-state index in [1.807, 2.05) is 5.43 Å². The molecule has 1 aromatic rings. The molecule has 122 valence electrons. The van der Waals surface area contributed by atoms with Gasteiger partial charge >= 0.3 is 6.09 Å². The summed E-state index contributed by atoms with van der Waals surface area (Å²) in [6, 6.07) is 6.78. The lowest BCUT2D eigenvalue weighted by Crippen LogP contribution is -2.52. The van der Waals surface area contributed by atoms with Crippen molar-refractivity contribution >= 4 is 23.6 Å². The van der Waals surface area contributed by atoms with Crippen LogP contribution in [0.5, 0.6) is 5.75 Å². The number of amides is 2. The molecule has 0 saturated carbocycles. The van der Waals surface area contributed by atoms with Crippen LogP contribution in [-0.2, 0) is 15.1 Å². The highest BCUT2D eigenvalue weighted by Crippen LogP contribution is 2.32. The SMILES string of the molecule is COc1ccc(C(CCCCl)(OC)C(=O)NNC(=O)O)cc1. The fourth-order valence-electron chi connectivity index (χ4n) is 2.09. The first-order valence-electron chi connectivity index (χ1n) is 6.55. The molecule has 0 saturated heterocycles. The molecule has 22 heavy (non-hydrogen) atoms. The topological polar surface area (TPSA) is 96.9 Å². The number of methoxy groups -OCH3 is 2. The number of rotatable bonds is 7. The van der Waals surface area contributed by atoms with Gasteiger partial charge in [-0.3, -0.25) is 10.2 Å². The van der Waals surface area contributed by atoms with E-state index in [-0.39, 0.29) is 0 Å². The molecule has 1 rings (SSSR count). The maximum atomic E-state index is 12.4. The van der Waals surface area contributed by atoms with Gasteiger partial charge < -0.3 is 14.6 Å². The van der Waals surface area contributed by atoms with Crippen LogP contribution in [0.25, 0.3) is 0 Å². The first-order chi connectivity index (χ1) is 10.5. The summed E-state index contributed by atoms with van der Waals surface area (Å²) in [7, 11) is 2.92. The molecule has 0 bridgehead atoms. The molecule has 0 aliphatic rings. The van der Waals surface area contributed by atoms with Crippen molar-refractivity contribution in [3.05, 3.63) is 29.8 Å². The zero-order valence-corrected chi connectivity index (χ0v) is 13.1. The van der Waals surface area contributed by atoms with E-state index < -0.39 is 17.6 Å². The van der Waals surface area contributed by atoms with Crippen LogP contribution in [0.3, 0.4) is 0 Å². The van der Waals surface area contributed by atoms with Crippen molar-refractivity contribution in [2.24, 2.45) is 0 Å². The van der Waals surface area contributed by atoms with Crippen molar-refractivity contribution in [3.63, 3.8) is 0 Å². The Morgan fingerprint density at radius 3 is 2.32 bits per heavy atom. The van der Waals surface area contributed by atoms with E-state index in [2.05, 4.69) is 5.43 Å². The monoisotopic (exact) mass is 330 g/mol. The lowest BCUT2D eigenvalue weighted by Gasteiger charge is -2.31. The van der Waals surface area contributed by atoms with Gasteiger partial charge in [0.25, 0.3) is 5.91 Å². The molecular weight excluding hydrogens is 312 g/mol. The summed E-state index contributed by atoms with van der Waals surface area (Å²) in [4.78, 5) is 23.0. The molecule has 0 heterocycles. The third-order valence-corrected chi connectivity index (χ3v) is 3.48. The minimum atomic E-state index is -1.37. The number of ether oxygens (including phenoxy) is 2. The third kappa shape index (κ3) is 4.25. The summed E-state index contributed by atoms with van der Waals surface area (Å²) < 4.78 is 10.5. The van der Waals surface area contributed by atoms with E-state index in [0.717, 1.165) is 0 Å². The van der Waals surface area contributed by atoms with Crippen LogP contribution in [0, 0.1) is 0 Å². The first kappa shape index (κ1) is 18.1. The number of hydrogen-bond acceptors (Lipinski definition) is 4. The number of hydrogen-bond donors (Lipinski definition) is 3. The normalized spacial score (nSPS) is 13.0. The molecule has 7 nitrogen and oxygen atoms in total. The van der Waals surface area contributed by atoms with Crippen LogP contribution in [-0.4, -0.2) is 37.2 Å². The number of hydrazine groups is 1. The number of carbonyl (C=O) groups excluding carboxylic acids is 1. The largest absolute Gasteiger partial charge is 0.497 e. The van der Waals surface area contributed by atoms with Gasteiger partial charge in [0.05, 0.1) is 7.11 Å². The highest BCUT2D eigenvalue weighted by molar-refractivity contribution is 6.17. The smallest absolute Gasteiger partial charge is 0.423 e. The Labute approximate surface area is 133 Å². The number of nitrogens with one attached hydrogen (secondary N) is 2. The Morgan fingerprint density at radius 1 is 1.23 bits per heavy atom.